The van der Waals surface area contributed by atoms with Gasteiger partial charge >= 0.3 is 0 Å². The van der Waals surface area contributed by atoms with Gasteiger partial charge in [0, 0.05) is 11.8 Å². The van der Waals surface area contributed by atoms with Crippen molar-refractivity contribution in [3.8, 4) is 23.0 Å². The van der Waals surface area contributed by atoms with Crippen LogP contribution in [0.4, 0.5) is 4.39 Å². The highest BCUT2D eigenvalue weighted by Gasteiger charge is 2.15. The van der Waals surface area contributed by atoms with Crippen LogP contribution in [0.5, 0.6) is 0 Å². The molecule has 6 heteroatoms. The van der Waals surface area contributed by atoms with E-state index in [1.807, 2.05) is 17.5 Å². The molecule has 0 N–H and O–H groups in total. The van der Waals surface area contributed by atoms with E-state index in [0.29, 0.717) is 28.5 Å². The summed E-state index contributed by atoms with van der Waals surface area (Å²) in [7, 11) is 0. The molecule has 0 fully saturated rings. The van der Waals surface area contributed by atoms with Crippen LogP contribution in [0, 0.1) is 12.7 Å². The molecule has 3 aromatic heterocycles. The van der Waals surface area contributed by atoms with Gasteiger partial charge in [-0.1, -0.05) is 17.3 Å². The maximum absolute atomic E-state index is 13.7. The highest BCUT2D eigenvalue weighted by Crippen LogP contribution is 2.30. The van der Waals surface area contributed by atoms with Crippen LogP contribution in [0.25, 0.3) is 33.1 Å². The van der Waals surface area contributed by atoms with E-state index in [9.17, 15) is 4.39 Å². The van der Waals surface area contributed by atoms with Gasteiger partial charge in [0.15, 0.2) is 0 Å². The molecule has 1 aromatic carbocycles. The first-order valence-electron chi connectivity index (χ1n) is 6.65. The zero-order valence-electron chi connectivity index (χ0n) is 11.6. The Bertz CT molecular complexity index is 976. The van der Waals surface area contributed by atoms with E-state index >= 15 is 0 Å². The molecule has 0 atom stereocenters. The second-order valence-corrected chi connectivity index (χ2v) is 5.80. The van der Waals surface area contributed by atoms with E-state index in [0.717, 1.165) is 10.1 Å². The molecule has 0 spiro atoms. The Kier molecular flexibility index (Phi) is 2.97. The third kappa shape index (κ3) is 2.08. The predicted octanol–water partition coefficient (Wildman–Crippen LogP) is 4.46. The number of fused-ring (bicyclic) bond motifs is 1. The first-order chi connectivity index (χ1) is 10.7. The SMILES string of the molecule is Cc1ccc(-c2noc(-c3nccc4ccsc34)n2)cc1F. The standard InChI is InChI=1S/C16H10FN3OS/c1-9-2-3-11(8-12(9)17)15-19-16(21-20-15)13-14-10(4-6-18-13)5-7-22-14/h2-8H,1H3. The van der Waals surface area contributed by atoms with Gasteiger partial charge in [0.2, 0.25) is 5.82 Å². The molecule has 4 nitrogen and oxygen atoms in total. The lowest BCUT2D eigenvalue weighted by Crippen LogP contribution is -1.87. The molecular formula is C16H10FN3OS. The monoisotopic (exact) mass is 311 g/mol. The number of thiophene rings is 1. The molecule has 0 radical (unpaired) electrons. The number of aromatic nitrogens is 3. The van der Waals surface area contributed by atoms with Crippen molar-refractivity contribution in [3.63, 3.8) is 0 Å². The lowest BCUT2D eigenvalue weighted by Gasteiger charge is -1.98. The van der Waals surface area contributed by atoms with E-state index in [-0.39, 0.29) is 5.82 Å². The second-order valence-electron chi connectivity index (χ2n) is 4.89. The van der Waals surface area contributed by atoms with Crippen molar-refractivity contribution in [2.75, 3.05) is 0 Å². The maximum Gasteiger partial charge on any atom is 0.278 e. The zero-order valence-corrected chi connectivity index (χ0v) is 12.4. The number of hydrogen-bond acceptors (Lipinski definition) is 5. The number of benzene rings is 1. The van der Waals surface area contributed by atoms with E-state index in [4.69, 9.17) is 4.52 Å². The Hall–Kier alpha value is -2.60. The largest absolute Gasteiger partial charge is 0.332 e. The lowest BCUT2D eigenvalue weighted by molar-refractivity contribution is 0.431. The fourth-order valence-corrected chi connectivity index (χ4v) is 3.09. The molecule has 0 unspecified atom stereocenters. The summed E-state index contributed by atoms with van der Waals surface area (Å²) >= 11 is 1.57. The van der Waals surface area contributed by atoms with Gasteiger partial charge in [0.25, 0.3) is 5.89 Å². The number of rotatable bonds is 2. The fraction of sp³-hybridized carbons (Fsp3) is 0.0625. The molecule has 0 aliphatic heterocycles. The summed E-state index contributed by atoms with van der Waals surface area (Å²) in [5, 5.41) is 7.00. The minimum absolute atomic E-state index is 0.290. The van der Waals surface area contributed by atoms with Gasteiger partial charge in [-0.3, -0.25) is 0 Å². The van der Waals surface area contributed by atoms with Crippen LogP contribution in [0.1, 0.15) is 5.56 Å². The number of nitrogens with zero attached hydrogens (tertiary/aromatic N) is 3. The summed E-state index contributed by atoms with van der Waals surface area (Å²) in [5.74, 6) is 0.399. The van der Waals surface area contributed by atoms with Crippen molar-refractivity contribution in [1.82, 2.24) is 15.1 Å². The summed E-state index contributed by atoms with van der Waals surface area (Å²) in [6, 6.07) is 8.81. The maximum atomic E-state index is 13.7. The van der Waals surface area contributed by atoms with Gasteiger partial charge < -0.3 is 4.52 Å². The van der Waals surface area contributed by atoms with Crippen molar-refractivity contribution >= 4 is 21.4 Å². The van der Waals surface area contributed by atoms with E-state index in [1.54, 1.807) is 36.6 Å². The van der Waals surface area contributed by atoms with Gasteiger partial charge in [-0.05, 0) is 41.5 Å². The first kappa shape index (κ1) is 13.1. The quantitative estimate of drug-likeness (QED) is 0.548. The average molecular weight is 311 g/mol. The van der Waals surface area contributed by atoms with Crippen LogP contribution >= 0.6 is 11.3 Å². The molecular weight excluding hydrogens is 301 g/mol. The molecule has 0 aliphatic rings. The van der Waals surface area contributed by atoms with Crippen LogP contribution in [-0.4, -0.2) is 15.1 Å². The Labute approximate surface area is 129 Å². The van der Waals surface area contributed by atoms with E-state index in [2.05, 4.69) is 15.1 Å². The number of aryl methyl sites for hydroxylation is 1. The Morgan fingerprint density at radius 2 is 2.09 bits per heavy atom. The third-order valence-electron chi connectivity index (χ3n) is 3.43. The summed E-state index contributed by atoms with van der Waals surface area (Å²) < 4.78 is 20.0. The fourth-order valence-electron chi connectivity index (χ4n) is 2.21. The first-order valence-corrected chi connectivity index (χ1v) is 7.53. The molecule has 108 valence electrons. The normalized spacial score (nSPS) is 11.2. The summed E-state index contributed by atoms with van der Waals surface area (Å²) in [4.78, 5) is 8.68. The van der Waals surface area contributed by atoms with Crippen LogP contribution in [0.3, 0.4) is 0 Å². The molecule has 0 saturated heterocycles. The molecule has 4 aromatic rings. The molecule has 4 rings (SSSR count). The summed E-state index contributed by atoms with van der Waals surface area (Å²) in [5.41, 5.74) is 1.81. The van der Waals surface area contributed by atoms with Crippen LogP contribution in [0.15, 0.2) is 46.4 Å². The van der Waals surface area contributed by atoms with E-state index < -0.39 is 0 Å². The Morgan fingerprint density at radius 3 is 2.95 bits per heavy atom. The molecule has 22 heavy (non-hydrogen) atoms. The Balaban J connectivity index is 1.81. The van der Waals surface area contributed by atoms with Crippen molar-refractivity contribution in [3.05, 3.63) is 53.3 Å². The molecule has 0 bridgehead atoms. The van der Waals surface area contributed by atoms with Gasteiger partial charge in [-0.25, -0.2) is 9.37 Å². The van der Waals surface area contributed by atoms with Crippen LogP contribution in [-0.2, 0) is 0 Å². The minimum atomic E-state index is -0.290. The van der Waals surface area contributed by atoms with Gasteiger partial charge in [0.05, 0.1) is 4.70 Å². The van der Waals surface area contributed by atoms with Crippen LogP contribution in [0.2, 0.25) is 0 Å². The van der Waals surface area contributed by atoms with Crippen molar-refractivity contribution < 1.29 is 8.91 Å². The Morgan fingerprint density at radius 1 is 1.18 bits per heavy atom. The van der Waals surface area contributed by atoms with Gasteiger partial charge in [0.1, 0.15) is 11.5 Å². The lowest BCUT2D eigenvalue weighted by atomic mass is 10.1. The molecule has 0 saturated carbocycles. The number of hydrogen-bond donors (Lipinski definition) is 0. The zero-order chi connectivity index (χ0) is 15.1. The summed E-state index contributed by atoms with van der Waals surface area (Å²) in [6.45, 7) is 1.71. The smallest absolute Gasteiger partial charge is 0.278 e. The minimum Gasteiger partial charge on any atom is -0.332 e. The molecule has 0 amide bonds. The number of halogens is 1. The van der Waals surface area contributed by atoms with E-state index in [1.165, 1.54) is 6.07 Å². The van der Waals surface area contributed by atoms with Crippen molar-refractivity contribution in [2.45, 2.75) is 6.92 Å². The topological polar surface area (TPSA) is 51.8 Å². The van der Waals surface area contributed by atoms with Gasteiger partial charge in [-0.2, -0.15) is 4.98 Å². The molecule has 0 aliphatic carbocycles. The average Bonchev–Trinajstić information content (AvgIpc) is 3.18. The van der Waals surface area contributed by atoms with Crippen LogP contribution < -0.4 is 0 Å². The predicted molar refractivity (Wildman–Crippen MR) is 83.0 cm³/mol. The highest BCUT2D eigenvalue weighted by molar-refractivity contribution is 7.17. The second kappa shape index (κ2) is 4.99. The van der Waals surface area contributed by atoms with Gasteiger partial charge in [-0.15, -0.1) is 11.3 Å². The highest BCUT2D eigenvalue weighted by atomic mass is 32.1. The summed E-state index contributed by atoms with van der Waals surface area (Å²) in [6.07, 6.45) is 1.71. The van der Waals surface area contributed by atoms with Crippen molar-refractivity contribution in [2.24, 2.45) is 0 Å². The third-order valence-corrected chi connectivity index (χ3v) is 4.36. The number of pyridine rings is 1. The van der Waals surface area contributed by atoms with Crippen molar-refractivity contribution in [1.29, 1.82) is 0 Å². The molecule has 3 heterocycles.